The molecule has 12 heteroatoms. The van der Waals surface area contributed by atoms with Crippen LogP contribution in [0.3, 0.4) is 0 Å². The monoisotopic (exact) mass is 620 g/mol. The van der Waals surface area contributed by atoms with Gasteiger partial charge in [0.05, 0.1) is 12.5 Å². The van der Waals surface area contributed by atoms with Crippen LogP contribution in [0.4, 0.5) is 0 Å². The van der Waals surface area contributed by atoms with E-state index in [0.717, 1.165) is 11.1 Å². The predicted octanol–water partition coefficient (Wildman–Crippen LogP) is 4.42. The highest BCUT2D eigenvalue weighted by molar-refractivity contribution is 5.98. The summed E-state index contributed by atoms with van der Waals surface area (Å²) in [6, 6.07) is 0. The van der Waals surface area contributed by atoms with Gasteiger partial charge in [-0.25, -0.2) is 4.79 Å². The molecule has 0 bridgehead atoms. The van der Waals surface area contributed by atoms with E-state index in [2.05, 4.69) is 0 Å². The molecule has 0 unspecified atom stereocenters. The van der Waals surface area contributed by atoms with Crippen LogP contribution in [0.2, 0.25) is 0 Å². The van der Waals surface area contributed by atoms with Gasteiger partial charge in [-0.1, -0.05) is 11.6 Å². The molecule has 0 atom stereocenters. The molecular formula is C32H44O12. The van der Waals surface area contributed by atoms with Gasteiger partial charge in [0.1, 0.15) is 42.5 Å². The lowest BCUT2D eigenvalue weighted by Gasteiger charge is -2.34. The number of phenolic OH excluding ortho intramolecular Hbond substituents is 1. The number of allylic oxidation sites excluding steroid dienone is 2. The normalized spacial score (nSPS) is 13.2. The fraction of sp³-hybridized carbons (Fsp3) is 0.594. The molecule has 1 N–H and O–H groups in total. The second kappa shape index (κ2) is 15.1. The zero-order valence-corrected chi connectivity index (χ0v) is 27.0. The summed E-state index contributed by atoms with van der Waals surface area (Å²) in [4.78, 5) is 60.3. The van der Waals surface area contributed by atoms with Crippen LogP contribution >= 0.6 is 0 Å². The Morgan fingerprint density at radius 3 is 2.14 bits per heavy atom. The van der Waals surface area contributed by atoms with Gasteiger partial charge in [0.2, 0.25) is 0 Å². The smallest absolute Gasteiger partial charge is 0.342 e. The number of benzene rings is 1. The summed E-state index contributed by atoms with van der Waals surface area (Å²) in [7, 11) is 1.50. The van der Waals surface area contributed by atoms with E-state index < -0.39 is 47.0 Å². The van der Waals surface area contributed by atoms with Gasteiger partial charge in [0.15, 0.2) is 6.10 Å². The third-order valence-electron chi connectivity index (χ3n) is 7.05. The Morgan fingerprint density at radius 2 is 1.59 bits per heavy atom. The van der Waals surface area contributed by atoms with Gasteiger partial charge in [-0.15, -0.1) is 0 Å². The van der Waals surface area contributed by atoms with E-state index >= 15 is 0 Å². The van der Waals surface area contributed by atoms with Crippen LogP contribution in [0.5, 0.6) is 11.5 Å². The number of hydrogen-bond donors (Lipinski definition) is 1. The molecular weight excluding hydrogens is 576 g/mol. The van der Waals surface area contributed by atoms with Gasteiger partial charge >= 0.3 is 29.8 Å². The van der Waals surface area contributed by atoms with Crippen molar-refractivity contribution in [1.29, 1.82) is 0 Å². The molecule has 1 aliphatic rings. The highest BCUT2D eigenvalue weighted by Gasteiger charge is 2.39. The van der Waals surface area contributed by atoms with E-state index in [1.54, 1.807) is 27.7 Å². The Balaban J connectivity index is 1.99. The van der Waals surface area contributed by atoms with Crippen LogP contribution in [0.15, 0.2) is 11.6 Å². The summed E-state index contributed by atoms with van der Waals surface area (Å²) < 4.78 is 31.6. The van der Waals surface area contributed by atoms with Gasteiger partial charge in [0, 0.05) is 37.8 Å². The molecule has 2 rings (SSSR count). The first-order chi connectivity index (χ1) is 20.4. The third-order valence-corrected chi connectivity index (χ3v) is 7.05. The van der Waals surface area contributed by atoms with E-state index in [1.165, 1.54) is 21.0 Å². The molecule has 0 aliphatic carbocycles. The summed E-state index contributed by atoms with van der Waals surface area (Å²) in [6.07, 6.45) is 1.70. The molecule has 1 aromatic carbocycles. The number of aromatic hydroxyl groups is 1. The minimum Gasteiger partial charge on any atom is -0.507 e. The molecule has 1 aliphatic heterocycles. The number of carbonyl (C=O) groups is 5. The number of methoxy groups -OCH3 is 1. The zero-order chi connectivity index (χ0) is 33.4. The van der Waals surface area contributed by atoms with Crippen LogP contribution in [0, 0.1) is 12.3 Å². The van der Waals surface area contributed by atoms with Gasteiger partial charge < -0.3 is 33.5 Å². The number of hydrogen-bond acceptors (Lipinski definition) is 12. The highest BCUT2D eigenvalue weighted by atomic mass is 16.6. The summed E-state index contributed by atoms with van der Waals surface area (Å²) in [5.41, 5.74) is 0.681. The number of cyclic esters (lactones) is 1. The number of rotatable bonds is 15. The Bertz CT molecular complexity index is 1290. The molecule has 0 saturated carbocycles. The maximum absolute atomic E-state index is 13.0. The van der Waals surface area contributed by atoms with Crippen molar-refractivity contribution in [3.05, 3.63) is 33.9 Å². The van der Waals surface area contributed by atoms with E-state index in [1.807, 2.05) is 19.9 Å². The Labute approximate surface area is 258 Å². The van der Waals surface area contributed by atoms with Crippen LogP contribution in [0.25, 0.3) is 0 Å². The van der Waals surface area contributed by atoms with Gasteiger partial charge in [0.25, 0.3) is 0 Å². The quantitative estimate of drug-likeness (QED) is 0.167. The molecule has 0 radical (unpaired) electrons. The summed E-state index contributed by atoms with van der Waals surface area (Å²) >= 11 is 0. The largest absolute Gasteiger partial charge is 0.507 e. The SMILES string of the molecule is COc1c(C)c2c(c(O)c1C/C=C(\C)CCC(=O)OC(C)(C)CC(C)(C)C(=O)OC(COC(C)=O)COC(C)=O)C(=O)OC2. The maximum Gasteiger partial charge on any atom is 0.342 e. The Morgan fingerprint density at radius 1 is 1.00 bits per heavy atom. The van der Waals surface area contributed by atoms with Gasteiger partial charge in [-0.2, -0.15) is 0 Å². The molecule has 0 fully saturated rings. The molecule has 44 heavy (non-hydrogen) atoms. The van der Waals surface area contributed by atoms with Crippen LogP contribution in [0.1, 0.15) is 94.8 Å². The van der Waals surface area contributed by atoms with Crippen molar-refractivity contribution >= 4 is 29.8 Å². The molecule has 1 heterocycles. The third kappa shape index (κ3) is 9.99. The van der Waals surface area contributed by atoms with Crippen molar-refractivity contribution in [2.45, 2.75) is 99.4 Å². The molecule has 0 amide bonds. The van der Waals surface area contributed by atoms with Crippen molar-refractivity contribution in [3.8, 4) is 11.5 Å². The van der Waals surface area contributed by atoms with Crippen LogP contribution in [-0.2, 0) is 55.9 Å². The second-order valence-electron chi connectivity index (χ2n) is 12.1. The number of carbonyl (C=O) groups excluding carboxylic acids is 5. The zero-order valence-electron chi connectivity index (χ0n) is 27.0. The first kappa shape index (κ1) is 36.1. The lowest BCUT2D eigenvalue weighted by atomic mass is 9.81. The first-order valence-corrected chi connectivity index (χ1v) is 14.3. The molecule has 0 aromatic heterocycles. The predicted molar refractivity (Wildman–Crippen MR) is 157 cm³/mol. The lowest BCUT2D eigenvalue weighted by molar-refractivity contribution is -0.177. The number of esters is 5. The van der Waals surface area contributed by atoms with Crippen LogP contribution < -0.4 is 4.74 Å². The second-order valence-corrected chi connectivity index (χ2v) is 12.1. The minimum atomic E-state index is -1.11. The Kier molecular flexibility index (Phi) is 12.4. The van der Waals surface area contributed by atoms with E-state index in [-0.39, 0.29) is 50.4 Å². The molecule has 0 saturated heterocycles. The van der Waals surface area contributed by atoms with Crippen molar-refractivity contribution < 1.29 is 57.5 Å². The first-order valence-electron chi connectivity index (χ1n) is 14.3. The molecule has 12 nitrogen and oxygen atoms in total. The Hall–Kier alpha value is -4.09. The van der Waals surface area contributed by atoms with Crippen molar-refractivity contribution in [1.82, 2.24) is 0 Å². The number of fused-ring (bicyclic) bond motifs is 1. The maximum atomic E-state index is 13.0. The standard InChI is InChI=1S/C32H44O12/c1-18(10-12-23-27(36)26-24(16-42-29(26)37)19(2)28(23)39-9)11-13-25(35)44-32(7,8)17-31(5,6)30(38)43-22(14-40-20(3)33)15-41-21(4)34/h10,22,36H,11-17H2,1-9H3/b18-10+. The fourth-order valence-electron chi connectivity index (χ4n) is 5.09. The lowest BCUT2D eigenvalue weighted by Crippen LogP contribution is -2.41. The van der Waals surface area contributed by atoms with Crippen LogP contribution in [-0.4, -0.2) is 67.0 Å². The minimum absolute atomic E-state index is 0.0716. The fourth-order valence-corrected chi connectivity index (χ4v) is 5.09. The average molecular weight is 621 g/mol. The van der Waals surface area contributed by atoms with Gasteiger partial charge in [-0.05, 0) is 59.9 Å². The van der Waals surface area contributed by atoms with Crippen molar-refractivity contribution in [2.24, 2.45) is 5.41 Å². The molecule has 1 aromatic rings. The summed E-state index contributed by atoms with van der Waals surface area (Å²) in [5.74, 6) is -2.52. The van der Waals surface area contributed by atoms with E-state index in [9.17, 15) is 29.1 Å². The topological polar surface area (TPSA) is 161 Å². The van der Waals surface area contributed by atoms with E-state index in [4.69, 9.17) is 28.4 Å². The molecule has 0 spiro atoms. The summed E-state index contributed by atoms with van der Waals surface area (Å²) in [6.45, 7) is 12.2. The number of ether oxygens (including phenoxy) is 6. The summed E-state index contributed by atoms with van der Waals surface area (Å²) in [5, 5.41) is 10.8. The number of phenols is 1. The highest BCUT2D eigenvalue weighted by Crippen LogP contribution is 2.42. The van der Waals surface area contributed by atoms with Crippen molar-refractivity contribution in [3.63, 3.8) is 0 Å². The average Bonchev–Trinajstić information content (AvgIpc) is 3.30. The van der Waals surface area contributed by atoms with Gasteiger partial charge in [-0.3, -0.25) is 19.2 Å². The van der Waals surface area contributed by atoms with E-state index in [0.29, 0.717) is 23.3 Å². The van der Waals surface area contributed by atoms with Crippen molar-refractivity contribution in [2.75, 3.05) is 20.3 Å². The molecule has 244 valence electrons.